The summed E-state index contributed by atoms with van der Waals surface area (Å²) >= 11 is 7.02. The standard InChI is InChI=1S/C9H9ClF2S/c10-1-2-13-6-7-3-8(11)5-9(12)4-7/h3-5H,1-2,6H2. The van der Waals surface area contributed by atoms with Gasteiger partial charge in [0.15, 0.2) is 0 Å². The fourth-order valence-corrected chi connectivity index (χ4v) is 1.92. The minimum Gasteiger partial charge on any atom is -0.207 e. The summed E-state index contributed by atoms with van der Waals surface area (Å²) in [6.07, 6.45) is 0. The van der Waals surface area contributed by atoms with Crippen LogP contribution in [0.2, 0.25) is 0 Å². The molecule has 0 bridgehead atoms. The van der Waals surface area contributed by atoms with Crippen molar-refractivity contribution in [1.29, 1.82) is 0 Å². The van der Waals surface area contributed by atoms with E-state index < -0.39 is 11.6 Å². The molecule has 0 saturated carbocycles. The summed E-state index contributed by atoms with van der Waals surface area (Å²) in [4.78, 5) is 0. The van der Waals surface area contributed by atoms with Crippen LogP contribution in [0.3, 0.4) is 0 Å². The summed E-state index contributed by atoms with van der Waals surface area (Å²) in [7, 11) is 0. The lowest BCUT2D eigenvalue weighted by Gasteiger charge is -2.00. The minimum absolute atomic E-state index is 0.526. The molecular weight excluding hydrogens is 214 g/mol. The number of benzene rings is 1. The van der Waals surface area contributed by atoms with Gasteiger partial charge in [0, 0.05) is 23.5 Å². The molecule has 0 saturated heterocycles. The topological polar surface area (TPSA) is 0 Å². The van der Waals surface area contributed by atoms with Gasteiger partial charge in [0.2, 0.25) is 0 Å². The fraction of sp³-hybridized carbons (Fsp3) is 0.333. The van der Waals surface area contributed by atoms with E-state index >= 15 is 0 Å². The Balaban J connectivity index is 2.56. The van der Waals surface area contributed by atoms with E-state index in [4.69, 9.17) is 11.6 Å². The number of hydrogen-bond donors (Lipinski definition) is 0. The molecule has 1 rings (SSSR count). The van der Waals surface area contributed by atoms with E-state index in [0.717, 1.165) is 11.8 Å². The van der Waals surface area contributed by atoms with Gasteiger partial charge in [-0.1, -0.05) is 0 Å². The molecule has 0 nitrogen and oxygen atoms in total. The molecule has 1 aromatic rings. The van der Waals surface area contributed by atoms with Crippen molar-refractivity contribution in [2.75, 3.05) is 11.6 Å². The Morgan fingerprint density at radius 2 is 1.77 bits per heavy atom. The summed E-state index contributed by atoms with van der Waals surface area (Å²) in [6.45, 7) is 0. The molecule has 0 N–H and O–H groups in total. The highest BCUT2D eigenvalue weighted by molar-refractivity contribution is 7.98. The maximum Gasteiger partial charge on any atom is 0.126 e. The second-order valence-corrected chi connectivity index (χ2v) is 4.00. The Hall–Kier alpha value is -0.280. The van der Waals surface area contributed by atoms with E-state index in [0.29, 0.717) is 17.2 Å². The Labute approximate surface area is 85.3 Å². The molecule has 0 fully saturated rings. The van der Waals surface area contributed by atoms with Crippen molar-refractivity contribution in [2.45, 2.75) is 5.75 Å². The van der Waals surface area contributed by atoms with Gasteiger partial charge in [0.05, 0.1) is 0 Å². The first-order chi connectivity index (χ1) is 6.22. The average Bonchev–Trinajstić information content (AvgIpc) is 2.03. The number of alkyl halides is 1. The maximum absolute atomic E-state index is 12.7. The van der Waals surface area contributed by atoms with Crippen LogP contribution in [0.5, 0.6) is 0 Å². The quantitative estimate of drug-likeness (QED) is 0.556. The molecule has 0 radical (unpaired) electrons. The van der Waals surface area contributed by atoms with Crippen LogP contribution >= 0.6 is 23.4 Å². The zero-order chi connectivity index (χ0) is 9.68. The van der Waals surface area contributed by atoms with Crippen LogP contribution in [0.15, 0.2) is 18.2 Å². The van der Waals surface area contributed by atoms with Gasteiger partial charge in [0.25, 0.3) is 0 Å². The largest absolute Gasteiger partial charge is 0.207 e. The second-order valence-electron chi connectivity index (χ2n) is 2.52. The normalized spacial score (nSPS) is 10.4. The van der Waals surface area contributed by atoms with Crippen LogP contribution in [0, 0.1) is 11.6 Å². The van der Waals surface area contributed by atoms with Gasteiger partial charge in [-0.15, -0.1) is 11.6 Å². The molecule has 0 aromatic heterocycles. The van der Waals surface area contributed by atoms with E-state index in [1.807, 2.05) is 0 Å². The van der Waals surface area contributed by atoms with Crippen molar-refractivity contribution in [3.05, 3.63) is 35.4 Å². The highest BCUT2D eigenvalue weighted by Gasteiger charge is 2.00. The molecule has 0 aliphatic rings. The zero-order valence-corrected chi connectivity index (χ0v) is 8.47. The molecule has 1 aromatic carbocycles. The molecule has 0 unspecified atom stereocenters. The van der Waals surface area contributed by atoms with E-state index in [1.54, 1.807) is 11.8 Å². The molecule has 72 valence electrons. The SMILES string of the molecule is Fc1cc(F)cc(CSCCCl)c1. The Morgan fingerprint density at radius 3 is 2.31 bits per heavy atom. The molecule has 0 heterocycles. The number of halogens is 3. The van der Waals surface area contributed by atoms with Crippen LogP contribution < -0.4 is 0 Å². The first-order valence-electron chi connectivity index (χ1n) is 3.81. The molecular formula is C9H9ClF2S. The Morgan fingerprint density at radius 1 is 1.15 bits per heavy atom. The van der Waals surface area contributed by atoms with Crippen molar-refractivity contribution in [3.8, 4) is 0 Å². The summed E-state index contributed by atoms with van der Waals surface area (Å²) < 4.78 is 25.3. The van der Waals surface area contributed by atoms with Gasteiger partial charge in [-0.25, -0.2) is 8.78 Å². The summed E-state index contributed by atoms with van der Waals surface area (Å²) in [6, 6.07) is 3.55. The molecule has 0 aliphatic heterocycles. The van der Waals surface area contributed by atoms with Crippen LogP contribution in [-0.2, 0) is 5.75 Å². The highest BCUT2D eigenvalue weighted by atomic mass is 35.5. The summed E-state index contributed by atoms with van der Waals surface area (Å²) in [5.41, 5.74) is 0.660. The lowest BCUT2D eigenvalue weighted by atomic mass is 10.2. The molecule has 0 aliphatic carbocycles. The van der Waals surface area contributed by atoms with E-state index in [1.165, 1.54) is 12.1 Å². The van der Waals surface area contributed by atoms with Gasteiger partial charge >= 0.3 is 0 Å². The van der Waals surface area contributed by atoms with E-state index in [2.05, 4.69) is 0 Å². The third kappa shape index (κ3) is 3.96. The second kappa shape index (κ2) is 5.45. The molecule has 0 atom stereocenters. The predicted octanol–water partition coefficient (Wildman–Crippen LogP) is 3.44. The maximum atomic E-state index is 12.7. The van der Waals surface area contributed by atoms with Crippen molar-refractivity contribution < 1.29 is 8.78 Å². The van der Waals surface area contributed by atoms with Gasteiger partial charge in [-0.3, -0.25) is 0 Å². The van der Waals surface area contributed by atoms with E-state index in [9.17, 15) is 8.78 Å². The number of thioether (sulfide) groups is 1. The zero-order valence-electron chi connectivity index (χ0n) is 6.90. The lowest BCUT2D eigenvalue weighted by Crippen LogP contribution is -1.88. The first-order valence-corrected chi connectivity index (χ1v) is 5.50. The predicted molar refractivity (Wildman–Crippen MR) is 53.2 cm³/mol. The van der Waals surface area contributed by atoms with Crippen LogP contribution in [0.25, 0.3) is 0 Å². The van der Waals surface area contributed by atoms with Crippen LogP contribution in [0.1, 0.15) is 5.56 Å². The fourth-order valence-electron chi connectivity index (χ4n) is 0.939. The minimum atomic E-state index is -0.526. The van der Waals surface area contributed by atoms with Gasteiger partial charge in [-0.2, -0.15) is 11.8 Å². The van der Waals surface area contributed by atoms with Crippen molar-refractivity contribution in [1.82, 2.24) is 0 Å². The van der Waals surface area contributed by atoms with Gasteiger partial charge in [-0.05, 0) is 17.7 Å². The van der Waals surface area contributed by atoms with Crippen molar-refractivity contribution in [3.63, 3.8) is 0 Å². The van der Waals surface area contributed by atoms with Gasteiger partial charge < -0.3 is 0 Å². The molecule has 0 spiro atoms. The van der Waals surface area contributed by atoms with Crippen molar-refractivity contribution >= 4 is 23.4 Å². The van der Waals surface area contributed by atoms with Crippen molar-refractivity contribution in [2.24, 2.45) is 0 Å². The first kappa shape index (κ1) is 10.8. The van der Waals surface area contributed by atoms with Crippen LogP contribution in [-0.4, -0.2) is 11.6 Å². The molecule has 0 amide bonds. The average molecular weight is 223 g/mol. The number of rotatable bonds is 4. The van der Waals surface area contributed by atoms with E-state index in [-0.39, 0.29) is 0 Å². The van der Waals surface area contributed by atoms with Crippen LogP contribution in [0.4, 0.5) is 8.78 Å². The number of hydrogen-bond acceptors (Lipinski definition) is 1. The Bertz CT molecular complexity index is 258. The molecule has 4 heteroatoms. The molecule has 13 heavy (non-hydrogen) atoms. The third-order valence-corrected chi connectivity index (χ3v) is 2.86. The Kier molecular flexibility index (Phi) is 4.53. The monoisotopic (exact) mass is 222 g/mol. The summed E-state index contributed by atoms with van der Waals surface area (Å²) in [5.74, 6) is 0.895. The van der Waals surface area contributed by atoms with Gasteiger partial charge in [0.1, 0.15) is 11.6 Å². The highest BCUT2D eigenvalue weighted by Crippen LogP contribution is 2.15. The summed E-state index contributed by atoms with van der Waals surface area (Å²) in [5, 5.41) is 0. The lowest BCUT2D eigenvalue weighted by molar-refractivity contribution is 0.581. The third-order valence-electron chi connectivity index (χ3n) is 1.41. The smallest absolute Gasteiger partial charge is 0.126 e.